The van der Waals surface area contributed by atoms with Gasteiger partial charge in [-0.15, -0.1) is 12.4 Å². The normalized spacial score (nSPS) is 18.4. The Morgan fingerprint density at radius 2 is 2.25 bits per heavy atom. The molecule has 1 N–H and O–H groups in total. The zero-order valence-electron chi connectivity index (χ0n) is 9.44. The highest BCUT2D eigenvalue weighted by atomic mass is 35.5. The van der Waals surface area contributed by atoms with E-state index in [-0.39, 0.29) is 18.5 Å². The Morgan fingerprint density at radius 1 is 1.44 bits per heavy atom. The monoisotopic (exact) mass is 254 g/mol. The molecule has 7 heteroatoms. The predicted molar refractivity (Wildman–Crippen MR) is 60.1 cm³/mol. The Hall–Kier alpha value is -0.560. The second kappa shape index (κ2) is 9.65. The molecule has 0 aromatic heterocycles. The number of hydrogen-bond acceptors (Lipinski definition) is 5. The van der Waals surface area contributed by atoms with Gasteiger partial charge in [-0.25, -0.2) is 10.3 Å². The minimum atomic E-state index is -0.375. The van der Waals surface area contributed by atoms with Crippen LogP contribution < -0.4 is 5.48 Å². The lowest BCUT2D eigenvalue weighted by atomic mass is 10.5. The fourth-order valence-electron chi connectivity index (χ4n) is 1.15. The van der Waals surface area contributed by atoms with E-state index in [1.54, 1.807) is 6.92 Å². The zero-order valence-corrected chi connectivity index (χ0v) is 10.3. The quantitative estimate of drug-likeness (QED) is 0.760. The smallest absolute Gasteiger partial charge is 0.433 e. The summed E-state index contributed by atoms with van der Waals surface area (Å²) in [6.45, 7) is 5.37. The first-order valence-electron chi connectivity index (χ1n) is 5.26. The molecular weight excluding hydrogens is 236 g/mol. The van der Waals surface area contributed by atoms with Crippen molar-refractivity contribution >= 4 is 18.5 Å². The molecule has 0 aliphatic carbocycles. The van der Waals surface area contributed by atoms with Crippen molar-refractivity contribution in [2.75, 3.05) is 32.9 Å². The van der Waals surface area contributed by atoms with Crippen molar-refractivity contribution in [3.63, 3.8) is 0 Å². The first-order valence-corrected chi connectivity index (χ1v) is 5.26. The molecule has 0 saturated carbocycles. The van der Waals surface area contributed by atoms with Gasteiger partial charge in [-0.05, 0) is 19.8 Å². The van der Waals surface area contributed by atoms with Gasteiger partial charge in [-0.2, -0.15) is 5.06 Å². The van der Waals surface area contributed by atoms with Gasteiger partial charge < -0.3 is 9.57 Å². The molecule has 0 atom stereocenters. The third kappa shape index (κ3) is 6.12. The maximum absolute atomic E-state index is 10.8. The van der Waals surface area contributed by atoms with Crippen LogP contribution in [-0.4, -0.2) is 44.1 Å². The summed E-state index contributed by atoms with van der Waals surface area (Å²) < 4.78 is 4.69. The molecule has 2 rings (SSSR count). The van der Waals surface area contributed by atoms with Gasteiger partial charge in [0, 0.05) is 6.54 Å². The molecule has 0 aromatic rings. The molecule has 2 saturated heterocycles. The highest BCUT2D eigenvalue weighted by Crippen LogP contribution is 2.05. The number of nitrogens with one attached hydrogen (secondary N) is 1. The Balaban J connectivity index is 0.000000318. The minimum Gasteiger partial charge on any atom is -0.448 e. The summed E-state index contributed by atoms with van der Waals surface area (Å²) in [6, 6.07) is 0. The van der Waals surface area contributed by atoms with Crippen LogP contribution >= 0.6 is 12.4 Å². The maximum Gasteiger partial charge on any atom is 0.433 e. The van der Waals surface area contributed by atoms with E-state index in [2.05, 4.69) is 10.2 Å². The van der Waals surface area contributed by atoms with Crippen LogP contribution in [-0.2, 0) is 14.4 Å². The number of ether oxygens (including phenoxy) is 1. The fraction of sp³-hybridized carbons (Fsp3) is 0.889. The molecule has 16 heavy (non-hydrogen) atoms. The number of halogens is 1. The predicted octanol–water partition coefficient (Wildman–Crippen LogP) is 1.11. The lowest BCUT2D eigenvalue weighted by Gasteiger charge is -2.11. The van der Waals surface area contributed by atoms with E-state index in [9.17, 15) is 4.79 Å². The van der Waals surface area contributed by atoms with Crippen molar-refractivity contribution < 1.29 is 19.2 Å². The van der Waals surface area contributed by atoms with Gasteiger partial charge in [0.05, 0.1) is 26.4 Å². The molecular formula is C9H19ClN2O4. The Kier molecular flexibility index (Phi) is 9.31. The summed E-state index contributed by atoms with van der Waals surface area (Å²) >= 11 is 0. The summed E-state index contributed by atoms with van der Waals surface area (Å²) in [6.07, 6.45) is 1.69. The van der Waals surface area contributed by atoms with Crippen molar-refractivity contribution in [3.05, 3.63) is 0 Å². The number of carbonyl (C=O) groups excluding carboxylic acids is 1. The van der Waals surface area contributed by atoms with E-state index in [1.165, 1.54) is 11.5 Å². The number of hydroxylamine groups is 3. The lowest BCUT2D eigenvalue weighted by molar-refractivity contribution is -0.0905. The van der Waals surface area contributed by atoms with Crippen LogP contribution in [0.15, 0.2) is 0 Å². The number of hydrogen-bond donors (Lipinski definition) is 1. The number of amides is 1. The van der Waals surface area contributed by atoms with Gasteiger partial charge >= 0.3 is 6.09 Å². The average molecular weight is 255 g/mol. The lowest BCUT2D eigenvalue weighted by Crippen LogP contribution is -2.27. The molecule has 1 amide bonds. The van der Waals surface area contributed by atoms with Crippen LogP contribution in [0.25, 0.3) is 0 Å². The van der Waals surface area contributed by atoms with Crippen LogP contribution in [0.3, 0.4) is 0 Å². The van der Waals surface area contributed by atoms with Crippen LogP contribution in [0, 0.1) is 0 Å². The molecule has 2 aliphatic rings. The highest BCUT2D eigenvalue weighted by molar-refractivity contribution is 5.85. The third-order valence-electron chi connectivity index (χ3n) is 1.85. The van der Waals surface area contributed by atoms with E-state index < -0.39 is 0 Å². The van der Waals surface area contributed by atoms with Crippen LogP contribution in [0.4, 0.5) is 4.79 Å². The molecule has 96 valence electrons. The first-order chi connectivity index (χ1) is 7.34. The highest BCUT2D eigenvalue weighted by Gasteiger charge is 2.19. The molecule has 6 nitrogen and oxygen atoms in total. The summed E-state index contributed by atoms with van der Waals surface area (Å²) in [4.78, 5) is 20.4. The van der Waals surface area contributed by atoms with Gasteiger partial charge in [-0.3, -0.25) is 4.84 Å². The van der Waals surface area contributed by atoms with Gasteiger partial charge in [-0.1, -0.05) is 0 Å². The second-order valence-corrected chi connectivity index (χ2v) is 3.08. The molecule has 0 radical (unpaired) electrons. The molecule has 0 spiro atoms. The van der Waals surface area contributed by atoms with Gasteiger partial charge in [0.25, 0.3) is 0 Å². The average Bonchev–Trinajstić information content (AvgIpc) is 2.95. The Labute approximate surface area is 102 Å². The number of nitrogens with zero attached hydrogens (tertiary/aromatic N) is 1. The van der Waals surface area contributed by atoms with Crippen LogP contribution in [0.5, 0.6) is 0 Å². The van der Waals surface area contributed by atoms with E-state index in [0.717, 1.165) is 19.6 Å². The Bertz CT molecular complexity index is 177. The number of carbonyl (C=O) groups is 1. The van der Waals surface area contributed by atoms with Gasteiger partial charge in [0.1, 0.15) is 0 Å². The molecule has 0 bridgehead atoms. The SMILES string of the molecule is C1CNOC1.CCOC(=O)N1CCCO1.Cl. The zero-order chi connectivity index (χ0) is 10.9. The summed E-state index contributed by atoms with van der Waals surface area (Å²) in [5, 5.41) is 1.25. The standard InChI is InChI=1S/C6H11NO3.C3H7NO.ClH/c1-2-9-6(8)7-4-3-5-10-7;1-2-4-5-3-1;/h2-5H2,1H3;4H,1-3H2;1H. The topological polar surface area (TPSA) is 60.0 Å². The van der Waals surface area contributed by atoms with E-state index >= 15 is 0 Å². The van der Waals surface area contributed by atoms with Gasteiger partial charge in [0.15, 0.2) is 0 Å². The summed E-state index contributed by atoms with van der Waals surface area (Å²) in [5.41, 5.74) is 2.72. The van der Waals surface area contributed by atoms with E-state index in [4.69, 9.17) is 9.68 Å². The van der Waals surface area contributed by atoms with Crippen molar-refractivity contribution in [2.24, 2.45) is 0 Å². The van der Waals surface area contributed by atoms with E-state index in [1.807, 2.05) is 0 Å². The van der Waals surface area contributed by atoms with E-state index in [0.29, 0.717) is 19.8 Å². The molecule has 2 aliphatic heterocycles. The van der Waals surface area contributed by atoms with Crippen LogP contribution in [0.1, 0.15) is 19.8 Å². The van der Waals surface area contributed by atoms with Crippen molar-refractivity contribution in [1.29, 1.82) is 0 Å². The molecule has 0 unspecified atom stereocenters. The molecule has 2 fully saturated rings. The minimum absolute atomic E-state index is 0. The number of rotatable bonds is 1. The van der Waals surface area contributed by atoms with Crippen molar-refractivity contribution in [1.82, 2.24) is 10.5 Å². The maximum atomic E-state index is 10.8. The second-order valence-electron chi connectivity index (χ2n) is 3.08. The summed E-state index contributed by atoms with van der Waals surface area (Å²) in [5.74, 6) is 0. The third-order valence-corrected chi connectivity index (χ3v) is 1.85. The molecule has 2 heterocycles. The molecule has 0 aromatic carbocycles. The van der Waals surface area contributed by atoms with Crippen molar-refractivity contribution in [2.45, 2.75) is 19.8 Å². The van der Waals surface area contributed by atoms with Crippen molar-refractivity contribution in [3.8, 4) is 0 Å². The summed E-state index contributed by atoms with van der Waals surface area (Å²) in [7, 11) is 0. The Morgan fingerprint density at radius 3 is 2.62 bits per heavy atom. The van der Waals surface area contributed by atoms with Gasteiger partial charge in [0.2, 0.25) is 0 Å². The largest absolute Gasteiger partial charge is 0.448 e. The first kappa shape index (κ1) is 15.4. The van der Waals surface area contributed by atoms with Crippen LogP contribution in [0.2, 0.25) is 0 Å². The fourth-order valence-corrected chi connectivity index (χ4v) is 1.15.